The molecule has 0 amide bonds. The number of carbonyl (C=O) groups excluding carboxylic acids is 3. The number of esters is 2. The number of ketones is 1. The second-order valence-electron chi connectivity index (χ2n) is 10.8. The van der Waals surface area contributed by atoms with Crippen molar-refractivity contribution in [2.75, 3.05) is 6.61 Å². The molecule has 2 rings (SSSR count). The van der Waals surface area contributed by atoms with Crippen LogP contribution in [0.5, 0.6) is 0 Å². The van der Waals surface area contributed by atoms with Crippen LogP contribution in [-0.2, 0) is 33.7 Å². The quantitative estimate of drug-likeness (QED) is 0.190. The van der Waals surface area contributed by atoms with E-state index in [1.165, 1.54) is 26.0 Å². The summed E-state index contributed by atoms with van der Waals surface area (Å²) in [6, 6.07) is 4.69. The van der Waals surface area contributed by atoms with Gasteiger partial charge in [-0.1, -0.05) is 25.0 Å². The van der Waals surface area contributed by atoms with Crippen molar-refractivity contribution in [3.8, 4) is 0 Å². The van der Waals surface area contributed by atoms with Gasteiger partial charge in [-0.05, 0) is 86.6 Å². The van der Waals surface area contributed by atoms with E-state index in [2.05, 4.69) is 0 Å². The molecule has 0 spiro atoms. The van der Waals surface area contributed by atoms with Crippen LogP contribution in [0.3, 0.4) is 0 Å². The highest BCUT2D eigenvalue weighted by Gasteiger charge is 2.42. The van der Waals surface area contributed by atoms with E-state index in [9.17, 15) is 27.2 Å². The van der Waals surface area contributed by atoms with E-state index in [1.807, 2.05) is 20.8 Å². The maximum atomic E-state index is 14.0. The molecule has 0 aromatic heterocycles. The van der Waals surface area contributed by atoms with Gasteiger partial charge in [0.1, 0.15) is 18.5 Å². The maximum absolute atomic E-state index is 14.0. The Morgan fingerprint density at radius 1 is 1.03 bits per heavy atom. The molecule has 1 aromatic rings. The standard InChI is InChI=1S/C30H39FO7S/c1-19(13-15-37-22(4)32)16-25(38-23(5)33)17-20(2)18-28(29-21(3)27(34)12-14-30(29,6)7)39(35,36)26-10-8-24(31)9-11-26/h8-11,13,17,25,28H,12,14-16,18H2,1-7H3/b19-13+,20-17+. The lowest BCUT2D eigenvalue weighted by atomic mass is 9.70. The van der Waals surface area contributed by atoms with E-state index in [0.717, 1.165) is 17.7 Å². The molecule has 9 heteroatoms. The number of hydrogen-bond donors (Lipinski definition) is 0. The molecule has 1 aliphatic carbocycles. The van der Waals surface area contributed by atoms with Gasteiger partial charge in [0.25, 0.3) is 0 Å². The highest BCUT2D eigenvalue weighted by atomic mass is 32.2. The van der Waals surface area contributed by atoms with Gasteiger partial charge < -0.3 is 9.47 Å². The Labute approximate surface area is 231 Å². The summed E-state index contributed by atoms with van der Waals surface area (Å²) >= 11 is 0. The molecule has 0 N–H and O–H groups in total. The zero-order chi connectivity index (χ0) is 29.5. The topological polar surface area (TPSA) is 104 Å². The molecule has 0 fully saturated rings. The van der Waals surface area contributed by atoms with Crippen molar-refractivity contribution >= 4 is 27.6 Å². The molecule has 0 bridgehead atoms. The van der Waals surface area contributed by atoms with E-state index < -0.39 is 44.4 Å². The molecule has 2 unspecified atom stereocenters. The van der Waals surface area contributed by atoms with Crippen LogP contribution >= 0.6 is 0 Å². The van der Waals surface area contributed by atoms with Crippen LogP contribution < -0.4 is 0 Å². The minimum Gasteiger partial charge on any atom is -0.462 e. The third-order valence-electron chi connectivity index (χ3n) is 6.90. The number of rotatable bonds is 11. The summed E-state index contributed by atoms with van der Waals surface area (Å²) in [6.07, 6.45) is 3.98. The van der Waals surface area contributed by atoms with Crippen molar-refractivity contribution in [2.24, 2.45) is 5.41 Å². The molecule has 0 radical (unpaired) electrons. The summed E-state index contributed by atoms with van der Waals surface area (Å²) in [7, 11) is -4.03. The first-order valence-electron chi connectivity index (χ1n) is 12.9. The molecule has 0 saturated carbocycles. The van der Waals surface area contributed by atoms with Crippen LogP contribution in [-0.4, -0.2) is 44.1 Å². The third kappa shape index (κ3) is 8.98. The second kappa shape index (κ2) is 13.3. The molecule has 214 valence electrons. The Bertz CT molecular complexity index is 1280. The lowest BCUT2D eigenvalue weighted by molar-refractivity contribution is -0.144. The summed E-state index contributed by atoms with van der Waals surface area (Å²) in [4.78, 5) is 35.5. The predicted octanol–water partition coefficient (Wildman–Crippen LogP) is 5.84. The fourth-order valence-corrected chi connectivity index (χ4v) is 7.10. The fraction of sp³-hybridized carbons (Fsp3) is 0.500. The average molecular weight is 563 g/mol. The number of benzene rings is 1. The average Bonchev–Trinajstić information content (AvgIpc) is 2.80. The van der Waals surface area contributed by atoms with Gasteiger partial charge in [-0.15, -0.1) is 0 Å². The smallest absolute Gasteiger partial charge is 0.303 e. The van der Waals surface area contributed by atoms with E-state index in [0.29, 0.717) is 36.0 Å². The molecule has 39 heavy (non-hydrogen) atoms. The minimum absolute atomic E-state index is 0.0309. The lowest BCUT2D eigenvalue weighted by Gasteiger charge is -2.38. The molecule has 1 aliphatic rings. The van der Waals surface area contributed by atoms with Crippen LogP contribution in [0.15, 0.2) is 63.6 Å². The molecule has 1 aromatic carbocycles. The first-order valence-corrected chi connectivity index (χ1v) is 14.5. The Balaban J connectivity index is 2.54. The first-order chi connectivity index (χ1) is 18.0. The molecular formula is C30H39FO7S. The number of carbonyl (C=O) groups is 3. The molecular weight excluding hydrogens is 523 g/mol. The fourth-order valence-electron chi connectivity index (χ4n) is 4.97. The normalized spacial score (nSPS) is 18.0. The van der Waals surface area contributed by atoms with Gasteiger partial charge in [0.15, 0.2) is 15.6 Å². The van der Waals surface area contributed by atoms with Gasteiger partial charge in [-0.3, -0.25) is 14.4 Å². The van der Waals surface area contributed by atoms with Gasteiger partial charge in [0.05, 0.1) is 10.1 Å². The SMILES string of the molecule is CC(=O)OC/C=C(\C)CC(/C=C(\C)CC(C1=C(C)C(=O)CCC1(C)C)S(=O)(=O)c1ccc(F)cc1)OC(C)=O. The van der Waals surface area contributed by atoms with Crippen molar-refractivity contribution in [3.05, 3.63) is 64.5 Å². The highest BCUT2D eigenvalue weighted by molar-refractivity contribution is 7.92. The Morgan fingerprint density at radius 3 is 2.21 bits per heavy atom. The summed E-state index contributed by atoms with van der Waals surface area (Å²) in [5.41, 5.74) is 1.91. The molecule has 0 heterocycles. The second-order valence-corrected chi connectivity index (χ2v) is 12.9. The summed E-state index contributed by atoms with van der Waals surface area (Å²) < 4.78 is 52.0. The Kier molecular flexibility index (Phi) is 11.0. The van der Waals surface area contributed by atoms with Crippen LogP contribution in [0, 0.1) is 11.2 Å². The largest absolute Gasteiger partial charge is 0.462 e. The number of Topliss-reactive ketones (excluding diaryl/α,β-unsaturated/α-hetero) is 1. The monoisotopic (exact) mass is 562 g/mol. The molecule has 2 atom stereocenters. The number of halogens is 1. The number of allylic oxidation sites excluding steroid dienone is 2. The number of hydrogen-bond acceptors (Lipinski definition) is 7. The van der Waals surface area contributed by atoms with Crippen molar-refractivity contribution in [1.29, 1.82) is 0 Å². The Hall–Kier alpha value is -3.07. The minimum atomic E-state index is -4.03. The highest BCUT2D eigenvalue weighted by Crippen LogP contribution is 2.45. The van der Waals surface area contributed by atoms with Gasteiger partial charge >= 0.3 is 11.9 Å². The zero-order valence-corrected chi connectivity index (χ0v) is 24.6. The van der Waals surface area contributed by atoms with Crippen molar-refractivity contribution < 1.29 is 36.7 Å². The van der Waals surface area contributed by atoms with Crippen molar-refractivity contribution in [2.45, 2.75) is 90.4 Å². The van der Waals surface area contributed by atoms with Gasteiger partial charge in [-0.25, -0.2) is 12.8 Å². The summed E-state index contributed by atoms with van der Waals surface area (Å²) in [5, 5.41) is -1.07. The van der Waals surface area contributed by atoms with E-state index in [1.54, 1.807) is 26.0 Å². The summed E-state index contributed by atoms with van der Waals surface area (Å²) in [6.45, 7) is 11.8. The van der Waals surface area contributed by atoms with E-state index in [4.69, 9.17) is 9.47 Å². The lowest BCUT2D eigenvalue weighted by Crippen LogP contribution is -2.37. The Morgan fingerprint density at radius 2 is 1.64 bits per heavy atom. The first kappa shape index (κ1) is 32.1. The van der Waals surface area contributed by atoms with E-state index in [-0.39, 0.29) is 23.7 Å². The van der Waals surface area contributed by atoms with Gasteiger partial charge in [0.2, 0.25) is 0 Å². The molecule has 0 aliphatic heterocycles. The number of sulfone groups is 1. The number of ether oxygens (including phenoxy) is 2. The molecule has 7 nitrogen and oxygen atoms in total. The van der Waals surface area contributed by atoms with Gasteiger partial charge in [0, 0.05) is 26.7 Å². The van der Waals surface area contributed by atoms with Crippen LogP contribution in [0.2, 0.25) is 0 Å². The van der Waals surface area contributed by atoms with Crippen molar-refractivity contribution in [3.63, 3.8) is 0 Å². The van der Waals surface area contributed by atoms with E-state index >= 15 is 0 Å². The van der Waals surface area contributed by atoms with Gasteiger partial charge in [-0.2, -0.15) is 0 Å². The van der Waals surface area contributed by atoms with Crippen molar-refractivity contribution in [1.82, 2.24) is 0 Å². The zero-order valence-electron chi connectivity index (χ0n) is 23.8. The van der Waals surface area contributed by atoms with Crippen LogP contribution in [0.1, 0.15) is 74.1 Å². The summed E-state index contributed by atoms with van der Waals surface area (Å²) in [5.74, 6) is -1.54. The van der Waals surface area contributed by atoms with Crippen LogP contribution in [0.4, 0.5) is 4.39 Å². The third-order valence-corrected chi connectivity index (χ3v) is 8.98. The maximum Gasteiger partial charge on any atom is 0.303 e. The molecule has 0 saturated heterocycles. The predicted molar refractivity (Wildman–Crippen MR) is 147 cm³/mol. The van der Waals surface area contributed by atoms with Crippen LogP contribution in [0.25, 0.3) is 0 Å².